The monoisotopic (exact) mass is 593 g/mol. The summed E-state index contributed by atoms with van der Waals surface area (Å²) in [6, 6.07) is 16.1. The quantitative estimate of drug-likeness (QED) is 0.181. The lowest BCUT2D eigenvalue weighted by Crippen LogP contribution is -2.39. The number of hydrogen-bond donors (Lipinski definition) is 0. The van der Waals surface area contributed by atoms with Crippen LogP contribution in [0.3, 0.4) is 0 Å². The normalized spacial score (nSPS) is 15.2. The van der Waals surface area contributed by atoms with E-state index in [0.29, 0.717) is 32.1 Å². The lowest BCUT2D eigenvalue weighted by atomic mass is 10.0. The van der Waals surface area contributed by atoms with Crippen LogP contribution in [0.2, 0.25) is 0 Å². The zero-order valence-corrected chi connectivity index (χ0v) is 22.6. The minimum atomic E-state index is -0.881. The topological polar surface area (TPSA) is 117 Å². The number of benzene rings is 2. The van der Waals surface area contributed by atoms with Crippen LogP contribution in [0.25, 0.3) is 17.4 Å². The van der Waals surface area contributed by atoms with E-state index in [-0.39, 0.29) is 23.4 Å². The molecule has 0 saturated carbocycles. The molecule has 1 aliphatic rings. The van der Waals surface area contributed by atoms with Crippen molar-refractivity contribution < 1.29 is 18.9 Å². The fourth-order valence-corrected chi connectivity index (χ4v) is 5.48. The minimum Gasteiger partial charge on any atom is -0.463 e. The summed E-state index contributed by atoms with van der Waals surface area (Å²) >= 11 is 4.59. The summed E-state index contributed by atoms with van der Waals surface area (Å²) in [6.45, 7) is 3.57. The smallest absolute Gasteiger partial charge is 0.338 e. The van der Waals surface area contributed by atoms with Crippen LogP contribution in [0, 0.1) is 10.1 Å². The van der Waals surface area contributed by atoms with Crippen molar-refractivity contribution in [3.8, 4) is 11.3 Å². The van der Waals surface area contributed by atoms with Gasteiger partial charge in [0, 0.05) is 22.2 Å². The Bertz CT molecular complexity index is 1760. The first-order valence-corrected chi connectivity index (χ1v) is 13.2. The van der Waals surface area contributed by atoms with Crippen LogP contribution in [-0.4, -0.2) is 22.1 Å². The van der Waals surface area contributed by atoms with Crippen LogP contribution in [0.5, 0.6) is 0 Å². The van der Waals surface area contributed by atoms with Gasteiger partial charge in [0.25, 0.3) is 11.2 Å². The molecule has 1 atom stereocenters. The number of allylic oxidation sites excluding steroid dienone is 1. The summed E-state index contributed by atoms with van der Waals surface area (Å²) in [7, 11) is 0. The molecule has 3 heterocycles. The highest BCUT2D eigenvalue weighted by Crippen LogP contribution is 2.34. The molecule has 2 aromatic carbocycles. The van der Waals surface area contributed by atoms with Crippen molar-refractivity contribution >= 4 is 45.0 Å². The molecule has 0 fully saturated rings. The number of fused-ring (bicyclic) bond motifs is 1. The Hall–Kier alpha value is -4.09. The van der Waals surface area contributed by atoms with Crippen molar-refractivity contribution in [2.24, 2.45) is 4.99 Å². The lowest BCUT2D eigenvalue weighted by molar-refractivity contribution is -0.384. The first-order chi connectivity index (χ1) is 18.3. The molecule has 0 aliphatic carbocycles. The van der Waals surface area contributed by atoms with Crippen LogP contribution in [-0.2, 0) is 9.53 Å². The van der Waals surface area contributed by atoms with Gasteiger partial charge in [0.15, 0.2) is 4.80 Å². The van der Waals surface area contributed by atoms with Crippen molar-refractivity contribution in [1.29, 1.82) is 0 Å². The van der Waals surface area contributed by atoms with Crippen LogP contribution in [0.1, 0.15) is 31.2 Å². The van der Waals surface area contributed by atoms with E-state index in [0.717, 1.165) is 21.4 Å². The molecule has 0 amide bonds. The molecule has 0 saturated heterocycles. The van der Waals surface area contributed by atoms with Crippen molar-refractivity contribution in [3.63, 3.8) is 0 Å². The summed E-state index contributed by atoms with van der Waals surface area (Å²) in [5.74, 6) is 0.395. The average Bonchev–Trinajstić information content (AvgIpc) is 3.49. The van der Waals surface area contributed by atoms with Crippen molar-refractivity contribution in [2.45, 2.75) is 19.9 Å². The zero-order chi connectivity index (χ0) is 27.0. The third-order valence-corrected chi connectivity index (χ3v) is 7.46. The highest BCUT2D eigenvalue weighted by Gasteiger charge is 2.35. The van der Waals surface area contributed by atoms with Crippen LogP contribution in [0.15, 0.2) is 90.6 Å². The van der Waals surface area contributed by atoms with Gasteiger partial charge in [-0.3, -0.25) is 19.5 Å². The maximum Gasteiger partial charge on any atom is 0.338 e. The number of halogens is 1. The number of nitro benzene ring substituents is 1. The van der Waals surface area contributed by atoms with Gasteiger partial charge < -0.3 is 9.15 Å². The van der Waals surface area contributed by atoms with Gasteiger partial charge in [0.2, 0.25) is 0 Å². The number of carbonyl (C=O) groups excluding carboxylic acids is 1. The Morgan fingerprint density at radius 2 is 1.89 bits per heavy atom. The molecule has 0 bridgehead atoms. The Balaban J connectivity index is 1.65. The Morgan fingerprint density at radius 1 is 1.18 bits per heavy atom. The van der Waals surface area contributed by atoms with Gasteiger partial charge in [-0.1, -0.05) is 39.4 Å². The number of rotatable bonds is 6. The summed E-state index contributed by atoms with van der Waals surface area (Å²) in [5, 5.41) is 11.0. The number of non-ortho nitro benzene ring substituents is 1. The molecule has 9 nitrogen and oxygen atoms in total. The van der Waals surface area contributed by atoms with Gasteiger partial charge in [-0.15, -0.1) is 0 Å². The number of furan rings is 1. The first-order valence-electron chi connectivity index (χ1n) is 11.6. The number of nitrogens with zero attached hydrogens (tertiary/aromatic N) is 3. The molecule has 11 heteroatoms. The van der Waals surface area contributed by atoms with Crippen molar-refractivity contribution in [3.05, 3.63) is 118 Å². The highest BCUT2D eigenvalue weighted by atomic mass is 79.9. The van der Waals surface area contributed by atoms with E-state index in [4.69, 9.17) is 9.15 Å². The van der Waals surface area contributed by atoms with E-state index in [2.05, 4.69) is 20.9 Å². The lowest BCUT2D eigenvalue weighted by Gasteiger charge is -2.22. The Morgan fingerprint density at radius 3 is 2.55 bits per heavy atom. The number of hydrogen-bond acceptors (Lipinski definition) is 8. The molecule has 0 spiro atoms. The van der Waals surface area contributed by atoms with Crippen molar-refractivity contribution in [1.82, 2.24) is 4.57 Å². The Labute approximate surface area is 228 Å². The van der Waals surface area contributed by atoms with Crippen LogP contribution < -0.4 is 14.9 Å². The van der Waals surface area contributed by atoms with Crippen LogP contribution in [0.4, 0.5) is 5.69 Å². The van der Waals surface area contributed by atoms with Gasteiger partial charge in [-0.05, 0) is 61.9 Å². The summed E-state index contributed by atoms with van der Waals surface area (Å²) in [5.41, 5.74) is 1.69. The number of aromatic nitrogens is 1. The van der Waals surface area contributed by atoms with E-state index < -0.39 is 16.9 Å². The maximum atomic E-state index is 13.7. The standard InChI is InChI=1S/C27H20BrN3O6S/c1-3-36-26(33)23-15(2)29-27-30(24(23)21-13-12-20(37-21)17-6-8-18(28)9-7-17)25(32)22(38-27)14-16-4-10-19(11-5-16)31(34)35/h4-14,24H,3H2,1-2H3/b22-14-/t24-/m1/s1. The molecule has 0 N–H and O–H groups in total. The minimum absolute atomic E-state index is 0.0438. The molecule has 5 rings (SSSR count). The molecule has 192 valence electrons. The van der Waals surface area contributed by atoms with Gasteiger partial charge in [-0.25, -0.2) is 9.79 Å². The van der Waals surface area contributed by atoms with Gasteiger partial charge >= 0.3 is 5.97 Å². The van der Waals surface area contributed by atoms with E-state index >= 15 is 0 Å². The molecule has 2 aromatic heterocycles. The molecule has 38 heavy (non-hydrogen) atoms. The number of nitro groups is 1. The fourth-order valence-electron chi connectivity index (χ4n) is 4.17. The van der Waals surface area contributed by atoms with E-state index in [9.17, 15) is 19.7 Å². The van der Waals surface area contributed by atoms with Crippen molar-refractivity contribution in [2.75, 3.05) is 6.61 Å². The maximum absolute atomic E-state index is 13.7. The third kappa shape index (κ3) is 4.77. The predicted molar refractivity (Wildman–Crippen MR) is 145 cm³/mol. The van der Waals surface area contributed by atoms with E-state index in [1.165, 1.54) is 16.7 Å². The zero-order valence-electron chi connectivity index (χ0n) is 20.2. The number of esters is 1. The predicted octanol–water partition coefficient (Wildman–Crippen LogP) is 4.73. The molecular weight excluding hydrogens is 574 g/mol. The second kappa shape index (κ2) is 10.3. The molecule has 0 radical (unpaired) electrons. The van der Waals surface area contributed by atoms with Gasteiger partial charge in [0.1, 0.15) is 17.6 Å². The summed E-state index contributed by atoms with van der Waals surface area (Å²) in [6.07, 6.45) is 1.64. The molecule has 1 aliphatic heterocycles. The number of ether oxygens (including phenoxy) is 1. The van der Waals surface area contributed by atoms with E-state index in [1.54, 1.807) is 44.2 Å². The second-order valence-corrected chi connectivity index (χ2v) is 10.3. The third-order valence-electron chi connectivity index (χ3n) is 5.94. The van der Waals surface area contributed by atoms with E-state index in [1.807, 2.05) is 24.3 Å². The molecule has 4 aromatic rings. The highest BCUT2D eigenvalue weighted by molar-refractivity contribution is 9.10. The summed E-state index contributed by atoms with van der Waals surface area (Å²) < 4.78 is 14.2. The number of carbonyl (C=O) groups is 1. The number of thiazole rings is 1. The van der Waals surface area contributed by atoms with Crippen LogP contribution >= 0.6 is 27.3 Å². The second-order valence-electron chi connectivity index (χ2n) is 8.36. The Kier molecular flexibility index (Phi) is 6.96. The molecular formula is C27H20BrN3O6S. The summed E-state index contributed by atoms with van der Waals surface area (Å²) in [4.78, 5) is 42.2. The average molecular weight is 594 g/mol. The first kappa shape index (κ1) is 25.6. The van der Waals surface area contributed by atoms with Gasteiger partial charge in [-0.2, -0.15) is 0 Å². The van der Waals surface area contributed by atoms with Gasteiger partial charge in [0.05, 0.1) is 27.3 Å². The largest absolute Gasteiger partial charge is 0.463 e. The fraction of sp³-hybridized carbons (Fsp3) is 0.148. The SMILES string of the molecule is CCOC(=O)C1=C(C)N=c2s/c(=C\c3ccc([N+](=O)[O-])cc3)c(=O)n2[C@@H]1c1ccc(-c2ccc(Br)cc2)o1. The molecule has 0 unspecified atom stereocenters.